The summed E-state index contributed by atoms with van der Waals surface area (Å²) in [5, 5.41) is 3.72. The number of benzene rings is 2. The molecule has 0 atom stereocenters. The fourth-order valence-corrected chi connectivity index (χ4v) is 2.34. The van der Waals surface area contributed by atoms with Gasteiger partial charge < -0.3 is 15.0 Å². The molecule has 3 rings (SSSR count). The number of aromatic amines is 1. The number of aromatic nitrogens is 1. The van der Waals surface area contributed by atoms with Gasteiger partial charge in [-0.05, 0) is 24.3 Å². The van der Waals surface area contributed by atoms with Crippen LogP contribution in [-0.4, -0.2) is 24.0 Å². The van der Waals surface area contributed by atoms with Crippen molar-refractivity contribution in [2.75, 3.05) is 12.4 Å². The van der Waals surface area contributed by atoms with Crippen molar-refractivity contribution in [3.8, 4) is 0 Å². The molecule has 0 fully saturated rings. The molecule has 22 heavy (non-hydrogen) atoms. The number of fused-ring (bicyclic) bond motifs is 1. The number of para-hydroxylation sites is 2. The number of methoxy groups -OCH3 is 1. The van der Waals surface area contributed by atoms with Gasteiger partial charge in [-0.15, -0.1) is 0 Å². The number of ether oxygens (including phenoxy) is 1. The molecule has 2 aromatic carbocycles. The van der Waals surface area contributed by atoms with E-state index >= 15 is 0 Å². The average Bonchev–Trinajstić information content (AvgIpc) is 3.03. The van der Waals surface area contributed by atoms with Crippen LogP contribution >= 0.6 is 0 Å². The zero-order valence-corrected chi connectivity index (χ0v) is 11.9. The number of carbonyl (C=O) groups is 2. The molecule has 0 aliphatic heterocycles. The van der Waals surface area contributed by atoms with E-state index in [0.29, 0.717) is 16.8 Å². The fraction of sp³-hybridized carbons (Fsp3) is 0.0588. The van der Waals surface area contributed by atoms with Crippen LogP contribution in [0.2, 0.25) is 0 Å². The van der Waals surface area contributed by atoms with Gasteiger partial charge in [0.15, 0.2) is 0 Å². The third-order valence-electron chi connectivity index (χ3n) is 3.41. The standard InChI is InChI=1S/C17H14N2O3/c1-22-17(21)12-6-2-3-8-14(12)19-16(20)13-7-4-5-11-9-10-18-15(11)13/h2-10,18H,1H3,(H,19,20). The second-order valence-electron chi connectivity index (χ2n) is 4.74. The molecular formula is C17H14N2O3. The van der Waals surface area contributed by atoms with Gasteiger partial charge in [-0.25, -0.2) is 4.79 Å². The Labute approximate surface area is 126 Å². The summed E-state index contributed by atoms with van der Waals surface area (Å²) >= 11 is 0. The van der Waals surface area contributed by atoms with Gasteiger partial charge in [0, 0.05) is 11.6 Å². The molecule has 0 radical (unpaired) electrons. The van der Waals surface area contributed by atoms with Crippen molar-refractivity contribution in [3.05, 3.63) is 65.9 Å². The van der Waals surface area contributed by atoms with Crippen LogP contribution < -0.4 is 5.32 Å². The van der Waals surface area contributed by atoms with E-state index in [1.807, 2.05) is 18.2 Å². The van der Waals surface area contributed by atoms with Gasteiger partial charge in [0.25, 0.3) is 5.91 Å². The zero-order chi connectivity index (χ0) is 15.5. The summed E-state index contributed by atoms with van der Waals surface area (Å²) in [6.07, 6.45) is 1.78. The van der Waals surface area contributed by atoms with Crippen LogP contribution in [0, 0.1) is 0 Å². The summed E-state index contributed by atoms with van der Waals surface area (Å²) in [6, 6.07) is 14.1. The molecular weight excluding hydrogens is 280 g/mol. The molecule has 110 valence electrons. The van der Waals surface area contributed by atoms with Crippen molar-refractivity contribution >= 4 is 28.5 Å². The normalized spacial score (nSPS) is 10.4. The highest BCUT2D eigenvalue weighted by Gasteiger charge is 2.16. The molecule has 1 heterocycles. The topological polar surface area (TPSA) is 71.2 Å². The van der Waals surface area contributed by atoms with E-state index in [9.17, 15) is 9.59 Å². The lowest BCUT2D eigenvalue weighted by atomic mass is 10.1. The van der Waals surface area contributed by atoms with Gasteiger partial charge in [0.1, 0.15) is 0 Å². The Hall–Kier alpha value is -3.08. The van der Waals surface area contributed by atoms with E-state index in [1.54, 1.807) is 36.5 Å². The highest BCUT2D eigenvalue weighted by atomic mass is 16.5. The summed E-state index contributed by atoms with van der Waals surface area (Å²) in [7, 11) is 1.31. The third-order valence-corrected chi connectivity index (χ3v) is 3.41. The first-order valence-electron chi connectivity index (χ1n) is 6.75. The van der Waals surface area contributed by atoms with Gasteiger partial charge in [0.2, 0.25) is 0 Å². The van der Waals surface area contributed by atoms with Crippen LogP contribution in [0.1, 0.15) is 20.7 Å². The Kier molecular flexibility index (Phi) is 3.62. The first kappa shape index (κ1) is 13.9. The van der Waals surface area contributed by atoms with Crippen LogP contribution in [0.3, 0.4) is 0 Å². The molecule has 0 aliphatic rings. The van der Waals surface area contributed by atoms with Crippen molar-refractivity contribution in [2.45, 2.75) is 0 Å². The monoisotopic (exact) mass is 294 g/mol. The molecule has 5 heteroatoms. The van der Waals surface area contributed by atoms with Gasteiger partial charge in [0.05, 0.1) is 29.4 Å². The predicted molar refractivity (Wildman–Crippen MR) is 84.0 cm³/mol. The van der Waals surface area contributed by atoms with E-state index < -0.39 is 5.97 Å². The van der Waals surface area contributed by atoms with Crippen LogP contribution in [0.5, 0.6) is 0 Å². The maximum Gasteiger partial charge on any atom is 0.339 e. The first-order chi connectivity index (χ1) is 10.7. The number of carbonyl (C=O) groups excluding carboxylic acids is 2. The minimum absolute atomic E-state index is 0.288. The smallest absolute Gasteiger partial charge is 0.339 e. The lowest BCUT2D eigenvalue weighted by molar-refractivity contribution is 0.0602. The molecule has 1 aromatic heterocycles. The molecule has 0 saturated carbocycles. The Balaban J connectivity index is 1.95. The zero-order valence-electron chi connectivity index (χ0n) is 11.9. The third kappa shape index (κ3) is 2.44. The number of rotatable bonds is 3. The maximum atomic E-state index is 12.5. The SMILES string of the molecule is COC(=O)c1ccccc1NC(=O)c1cccc2cc[nH]c12. The van der Waals surface area contributed by atoms with Crippen LogP contribution in [0.25, 0.3) is 10.9 Å². The van der Waals surface area contributed by atoms with E-state index in [2.05, 4.69) is 10.3 Å². The molecule has 0 unspecified atom stereocenters. The molecule has 3 aromatic rings. The summed E-state index contributed by atoms with van der Waals surface area (Å²) in [4.78, 5) is 27.3. The molecule has 0 saturated heterocycles. The van der Waals surface area contributed by atoms with Crippen LogP contribution in [-0.2, 0) is 4.74 Å². The maximum absolute atomic E-state index is 12.5. The van der Waals surface area contributed by atoms with Gasteiger partial charge in [-0.1, -0.05) is 24.3 Å². The number of hydrogen-bond acceptors (Lipinski definition) is 3. The summed E-state index contributed by atoms with van der Waals surface area (Å²) in [5.41, 5.74) is 2.01. The first-order valence-corrected chi connectivity index (χ1v) is 6.75. The average molecular weight is 294 g/mol. The van der Waals surface area contributed by atoms with Crippen molar-refractivity contribution in [3.63, 3.8) is 0 Å². The predicted octanol–water partition coefficient (Wildman–Crippen LogP) is 3.21. The van der Waals surface area contributed by atoms with E-state index in [1.165, 1.54) is 7.11 Å². The van der Waals surface area contributed by atoms with Crippen molar-refractivity contribution in [2.24, 2.45) is 0 Å². The van der Waals surface area contributed by atoms with Gasteiger partial charge in [-0.3, -0.25) is 4.79 Å². The van der Waals surface area contributed by atoms with Crippen molar-refractivity contribution in [1.29, 1.82) is 0 Å². The summed E-state index contributed by atoms with van der Waals surface area (Å²) in [5.74, 6) is -0.779. The largest absolute Gasteiger partial charge is 0.465 e. The van der Waals surface area contributed by atoms with Crippen LogP contribution in [0.15, 0.2) is 54.7 Å². The molecule has 0 spiro atoms. The highest BCUT2D eigenvalue weighted by molar-refractivity contribution is 6.13. The highest BCUT2D eigenvalue weighted by Crippen LogP contribution is 2.21. The molecule has 1 amide bonds. The Morgan fingerprint density at radius 3 is 2.59 bits per heavy atom. The Morgan fingerprint density at radius 2 is 1.77 bits per heavy atom. The minimum atomic E-state index is -0.492. The van der Waals surface area contributed by atoms with Crippen LogP contribution in [0.4, 0.5) is 5.69 Å². The van der Waals surface area contributed by atoms with Gasteiger partial charge in [-0.2, -0.15) is 0 Å². The lowest BCUT2D eigenvalue weighted by Gasteiger charge is -2.10. The van der Waals surface area contributed by atoms with Gasteiger partial charge >= 0.3 is 5.97 Å². The van der Waals surface area contributed by atoms with Crippen molar-refractivity contribution < 1.29 is 14.3 Å². The molecule has 0 bridgehead atoms. The van der Waals surface area contributed by atoms with E-state index in [0.717, 1.165) is 10.9 Å². The summed E-state index contributed by atoms with van der Waals surface area (Å²) < 4.78 is 4.73. The Bertz CT molecular complexity index is 852. The minimum Gasteiger partial charge on any atom is -0.465 e. The molecule has 5 nitrogen and oxygen atoms in total. The van der Waals surface area contributed by atoms with E-state index in [4.69, 9.17) is 4.74 Å². The summed E-state index contributed by atoms with van der Waals surface area (Å²) in [6.45, 7) is 0. The number of nitrogens with one attached hydrogen (secondary N) is 2. The number of H-pyrrole nitrogens is 1. The van der Waals surface area contributed by atoms with Crippen molar-refractivity contribution in [1.82, 2.24) is 4.98 Å². The second-order valence-corrected chi connectivity index (χ2v) is 4.74. The molecule has 2 N–H and O–H groups in total. The molecule has 0 aliphatic carbocycles. The van der Waals surface area contributed by atoms with E-state index in [-0.39, 0.29) is 5.91 Å². The number of esters is 1. The number of hydrogen-bond donors (Lipinski definition) is 2. The lowest BCUT2D eigenvalue weighted by Crippen LogP contribution is -2.15. The second kappa shape index (κ2) is 5.73. The number of anilines is 1. The Morgan fingerprint density at radius 1 is 1.00 bits per heavy atom. The fourth-order valence-electron chi connectivity index (χ4n) is 2.34. The number of amides is 1. The quantitative estimate of drug-likeness (QED) is 0.729.